The molecule has 22 heavy (non-hydrogen) atoms. The summed E-state index contributed by atoms with van der Waals surface area (Å²) in [7, 11) is 1.00. The highest BCUT2D eigenvalue weighted by atomic mass is 16.5. The van der Waals surface area contributed by atoms with Gasteiger partial charge in [0.25, 0.3) is 0 Å². The molecule has 8 heteroatoms. The number of nitrogens with one attached hydrogen (secondary N) is 1. The molecule has 0 bridgehead atoms. The molecule has 0 aromatic heterocycles. The first kappa shape index (κ1) is 22.6. The third-order valence-corrected chi connectivity index (χ3v) is 2.62. The van der Waals surface area contributed by atoms with Crippen molar-refractivity contribution in [2.24, 2.45) is 0 Å². The van der Waals surface area contributed by atoms with Gasteiger partial charge in [-0.15, -0.1) is 0 Å². The minimum absolute atomic E-state index is 0.0493. The van der Waals surface area contributed by atoms with Gasteiger partial charge < -0.3 is 30.5 Å². The van der Waals surface area contributed by atoms with Gasteiger partial charge in [-0.05, 0) is 12.5 Å². The predicted octanol–water partition coefficient (Wildman–Crippen LogP) is -0.373. The molecule has 1 heterocycles. The van der Waals surface area contributed by atoms with E-state index in [4.69, 9.17) is 20.1 Å². The number of ether oxygens (including phenoxy) is 1. The minimum atomic E-state index is -1.22. The van der Waals surface area contributed by atoms with Crippen LogP contribution in [0.5, 0.6) is 0 Å². The highest BCUT2D eigenvalue weighted by Gasteiger charge is 2.35. The Morgan fingerprint density at radius 2 is 1.95 bits per heavy atom. The maximum absolute atomic E-state index is 11.0. The summed E-state index contributed by atoms with van der Waals surface area (Å²) in [5.74, 6) is -1.77. The molecule has 8 nitrogen and oxygen atoms in total. The lowest BCUT2D eigenvalue weighted by molar-refractivity contribution is -0.141. The first-order valence-corrected chi connectivity index (χ1v) is 7.06. The Balaban J connectivity index is 0. The SMILES string of the molecule is CC.CC(=O)NC1CC=C(C(=O)O)OC1[C@@H](O)CCO.CO. The van der Waals surface area contributed by atoms with Gasteiger partial charge in [-0.2, -0.15) is 0 Å². The standard InChI is InChI=1S/C11H17NO6.C2H6.CH4O/c1-6(14)12-7-2-3-9(11(16)17)18-10(7)8(15)4-5-13;2*1-2/h3,7-8,10,13,15H,2,4-5H2,1H3,(H,12,14)(H,16,17);1-2H3;2H,1H3/t7?,8-,10?;;/m0../s1. The quantitative estimate of drug-likeness (QED) is 0.466. The Morgan fingerprint density at radius 3 is 2.36 bits per heavy atom. The topological polar surface area (TPSA) is 136 Å². The Bertz CT molecular complexity index is 357. The number of carboxylic acids is 1. The van der Waals surface area contributed by atoms with Crippen LogP contribution in [0.4, 0.5) is 0 Å². The van der Waals surface area contributed by atoms with E-state index in [9.17, 15) is 14.7 Å². The van der Waals surface area contributed by atoms with Gasteiger partial charge in [-0.25, -0.2) is 4.79 Å². The van der Waals surface area contributed by atoms with Crippen molar-refractivity contribution < 1.29 is 34.8 Å². The predicted molar refractivity (Wildman–Crippen MR) is 80.0 cm³/mol. The summed E-state index contributed by atoms with van der Waals surface area (Å²) in [4.78, 5) is 21.8. The molecule has 0 aromatic carbocycles. The van der Waals surface area contributed by atoms with Crippen molar-refractivity contribution in [1.82, 2.24) is 5.32 Å². The largest absolute Gasteiger partial charge is 0.478 e. The number of aliphatic carboxylic acids is 1. The summed E-state index contributed by atoms with van der Waals surface area (Å²) < 4.78 is 5.16. The van der Waals surface area contributed by atoms with Gasteiger partial charge in [-0.1, -0.05) is 13.8 Å². The lowest BCUT2D eigenvalue weighted by atomic mass is 9.97. The zero-order chi connectivity index (χ0) is 17.7. The zero-order valence-corrected chi connectivity index (χ0v) is 13.4. The van der Waals surface area contributed by atoms with Crippen LogP contribution in [0.2, 0.25) is 0 Å². The molecule has 0 aromatic rings. The molecule has 1 amide bonds. The minimum Gasteiger partial charge on any atom is -0.478 e. The van der Waals surface area contributed by atoms with Crippen LogP contribution < -0.4 is 5.32 Å². The van der Waals surface area contributed by atoms with E-state index < -0.39 is 24.2 Å². The van der Waals surface area contributed by atoms with Crippen LogP contribution in [0.3, 0.4) is 0 Å². The molecular weight excluding hydrogens is 294 g/mol. The maximum atomic E-state index is 11.0. The lowest BCUT2D eigenvalue weighted by Crippen LogP contribution is -2.51. The molecule has 0 saturated carbocycles. The van der Waals surface area contributed by atoms with Crippen molar-refractivity contribution in [3.8, 4) is 0 Å². The number of carbonyl (C=O) groups excluding carboxylic acids is 1. The summed E-state index contributed by atoms with van der Waals surface area (Å²) in [6.07, 6.45) is -0.264. The molecule has 0 radical (unpaired) electrons. The number of rotatable bonds is 5. The van der Waals surface area contributed by atoms with Crippen LogP contribution in [0.15, 0.2) is 11.8 Å². The second-order valence-corrected chi connectivity index (χ2v) is 4.08. The van der Waals surface area contributed by atoms with Crippen LogP contribution in [0.1, 0.15) is 33.6 Å². The number of hydrogen-bond donors (Lipinski definition) is 5. The summed E-state index contributed by atoms with van der Waals surface area (Å²) in [5, 5.41) is 37.0. The fourth-order valence-corrected chi connectivity index (χ4v) is 1.83. The zero-order valence-electron chi connectivity index (χ0n) is 13.4. The van der Waals surface area contributed by atoms with Gasteiger partial charge in [0.1, 0.15) is 6.10 Å². The fourth-order valence-electron chi connectivity index (χ4n) is 1.83. The molecule has 0 spiro atoms. The number of aliphatic hydroxyl groups is 3. The second kappa shape index (κ2) is 13.1. The van der Waals surface area contributed by atoms with Crippen LogP contribution in [0.25, 0.3) is 0 Å². The van der Waals surface area contributed by atoms with E-state index in [1.165, 1.54) is 13.0 Å². The Morgan fingerprint density at radius 1 is 1.41 bits per heavy atom. The monoisotopic (exact) mass is 321 g/mol. The van der Waals surface area contributed by atoms with Crippen molar-refractivity contribution >= 4 is 11.9 Å². The highest BCUT2D eigenvalue weighted by molar-refractivity contribution is 5.84. The first-order valence-electron chi connectivity index (χ1n) is 7.06. The maximum Gasteiger partial charge on any atom is 0.370 e. The van der Waals surface area contributed by atoms with Crippen molar-refractivity contribution in [3.05, 3.63) is 11.8 Å². The van der Waals surface area contributed by atoms with E-state index in [1.54, 1.807) is 0 Å². The molecule has 130 valence electrons. The molecule has 0 saturated heterocycles. The lowest BCUT2D eigenvalue weighted by Gasteiger charge is -2.34. The van der Waals surface area contributed by atoms with Crippen molar-refractivity contribution in [3.63, 3.8) is 0 Å². The van der Waals surface area contributed by atoms with Gasteiger partial charge in [0.05, 0.1) is 12.1 Å². The number of carboxylic acid groups (broad SMARTS) is 1. The molecule has 0 fully saturated rings. The molecule has 5 N–H and O–H groups in total. The summed E-state index contributed by atoms with van der Waals surface area (Å²) in [5.41, 5.74) is 0. The van der Waals surface area contributed by atoms with E-state index in [1.807, 2.05) is 13.8 Å². The first-order chi connectivity index (χ1) is 10.5. The van der Waals surface area contributed by atoms with Gasteiger partial charge in [0.2, 0.25) is 11.7 Å². The normalized spacial score (nSPS) is 20.8. The van der Waals surface area contributed by atoms with Crippen LogP contribution in [-0.2, 0) is 14.3 Å². The van der Waals surface area contributed by atoms with E-state index in [0.717, 1.165) is 7.11 Å². The second-order valence-electron chi connectivity index (χ2n) is 4.08. The molecule has 0 aliphatic carbocycles. The number of aliphatic hydroxyl groups excluding tert-OH is 3. The van der Waals surface area contributed by atoms with Crippen molar-refractivity contribution in [1.29, 1.82) is 0 Å². The van der Waals surface area contributed by atoms with Crippen LogP contribution in [0, 0.1) is 0 Å². The third-order valence-electron chi connectivity index (χ3n) is 2.62. The van der Waals surface area contributed by atoms with Crippen LogP contribution in [-0.4, -0.2) is 64.3 Å². The number of hydrogen-bond acceptors (Lipinski definition) is 6. The van der Waals surface area contributed by atoms with E-state index in [0.29, 0.717) is 0 Å². The average molecular weight is 321 g/mol. The van der Waals surface area contributed by atoms with Gasteiger partial charge in [-0.3, -0.25) is 4.79 Å². The fraction of sp³-hybridized carbons (Fsp3) is 0.714. The number of carbonyl (C=O) groups is 2. The smallest absolute Gasteiger partial charge is 0.370 e. The summed E-state index contributed by atoms with van der Waals surface area (Å²) in [6.45, 7) is 5.08. The van der Waals surface area contributed by atoms with Crippen LogP contribution >= 0.6 is 0 Å². The van der Waals surface area contributed by atoms with Gasteiger partial charge in [0, 0.05) is 27.1 Å². The molecular formula is C14H27NO7. The van der Waals surface area contributed by atoms with Gasteiger partial charge >= 0.3 is 5.97 Å². The third kappa shape index (κ3) is 7.96. The molecule has 1 aliphatic heterocycles. The Kier molecular flexibility index (Phi) is 13.4. The van der Waals surface area contributed by atoms with Gasteiger partial charge in [0.15, 0.2) is 0 Å². The van der Waals surface area contributed by atoms with E-state index in [-0.39, 0.29) is 31.1 Å². The van der Waals surface area contributed by atoms with E-state index >= 15 is 0 Å². The van der Waals surface area contributed by atoms with Crippen molar-refractivity contribution in [2.45, 2.75) is 51.9 Å². The summed E-state index contributed by atoms with van der Waals surface area (Å²) in [6, 6.07) is -0.507. The highest BCUT2D eigenvalue weighted by Crippen LogP contribution is 2.22. The summed E-state index contributed by atoms with van der Waals surface area (Å²) >= 11 is 0. The Labute approximate surface area is 130 Å². The van der Waals surface area contributed by atoms with Crippen molar-refractivity contribution in [2.75, 3.05) is 13.7 Å². The molecule has 1 rings (SSSR count). The average Bonchev–Trinajstić information content (AvgIpc) is 2.51. The van der Waals surface area contributed by atoms with E-state index in [2.05, 4.69) is 5.32 Å². The molecule has 1 aliphatic rings. The molecule has 3 atom stereocenters. The molecule has 2 unspecified atom stereocenters. The number of amides is 1. The Hall–Kier alpha value is -1.64.